The summed E-state index contributed by atoms with van der Waals surface area (Å²) >= 11 is 0. The molecule has 0 spiro atoms. The van der Waals surface area contributed by atoms with Crippen LogP contribution in [0.4, 0.5) is 0 Å². The Bertz CT molecular complexity index is 683. The molecule has 4 aliphatic carbocycles. The Kier molecular flexibility index (Phi) is 7.60. The van der Waals surface area contributed by atoms with Gasteiger partial charge in [0.05, 0.1) is 5.60 Å². The van der Waals surface area contributed by atoms with Crippen LogP contribution in [0, 0.1) is 46.3 Å². The predicted octanol–water partition coefficient (Wildman–Crippen LogP) is 7.12. The fourth-order valence-corrected chi connectivity index (χ4v) is 9.68. The molecule has 4 aliphatic rings. The first kappa shape index (κ1) is 25.5. The van der Waals surface area contributed by atoms with E-state index in [0.29, 0.717) is 23.8 Å². The van der Waals surface area contributed by atoms with Gasteiger partial charge >= 0.3 is 0 Å². The van der Waals surface area contributed by atoms with Crippen LogP contribution >= 0.6 is 0 Å². The normalized spacial score (nSPS) is 42.8. The molecule has 0 heterocycles. The first-order valence-corrected chi connectivity index (χ1v) is 14.6. The second-order valence-electron chi connectivity index (χ2n) is 13.8. The first-order valence-electron chi connectivity index (χ1n) is 14.6. The summed E-state index contributed by atoms with van der Waals surface area (Å²) in [7, 11) is 0. The minimum absolute atomic E-state index is 0.0937. The molecule has 0 aromatic rings. The van der Waals surface area contributed by atoms with Gasteiger partial charge in [0, 0.05) is 13.0 Å². The van der Waals surface area contributed by atoms with Crippen LogP contribution in [0.25, 0.3) is 0 Å². The molecule has 190 valence electrons. The highest BCUT2D eigenvalue weighted by Gasteiger charge is 2.60. The molecule has 0 radical (unpaired) electrons. The summed E-state index contributed by atoms with van der Waals surface area (Å²) in [5, 5.41) is 12.7. The lowest BCUT2D eigenvalue weighted by Gasteiger charge is -2.62. The van der Waals surface area contributed by atoms with Crippen molar-refractivity contribution in [3.05, 3.63) is 0 Å². The van der Waals surface area contributed by atoms with Crippen molar-refractivity contribution >= 4 is 5.91 Å². The average Bonchev–Trinajstić information content (AvgIpc) is 3.10. The fraction of sp³-hybridized carbons (Fsp3) is 0.967. The first-order chi connectivity index (χ1) is 15.6. The molecule has 8 atom stereocenters. The Labute approximate surface area is 204 Å². The van der Waals surface area contributed by atoms with Gasteiger partial charge in [0.1, 0.15) is 0 Å². The number of carbonyl (C=O) groups excluding carboxylic acids is 1. The molecule has 0 aliphatic heterocycles. The number of fused-ring (bicyclic) bond motifs is 5. The summed E-state index contributed by atoms with van der Waals surface area (Å²) in [6, 6.07) is 0. The maximum atomic E-state index is 12.1. The number of amides is 1. The smallest absolute Gasteiger partial charge is 0.220 e. The van der Waals surface area contributed by atoms with Crippen molar-refractivity contribution < 1.29 is 9.90 Å². The zero-order valence-corrected chi connectivity index (χ0v) is 22.4. The summed E-state index contributed by atoms with van der Waals surface area (Å²) < 4.78 is 0. The van der Waals surface area contributed by atoms with E-state index in [9.17, 15) is 9.90 Å². The minimum atomic E-state index is -0.827. The minimum Gasteiger partial charge on any atom is -0.389 e. The molecule has 1 amide bonds. The highest BCUT2D eigenvalue weighted by Crippen LogP contribution is 2.69. The van der Waals surface area contributed by atoms with Gasteiger partial charge in [0.2, 0.25) is 5.91 Å². The molecule has 0 saturated heterocycles. The number of hydrogen-bond donors (Lipinski definition) is 2. The molecule has 0 aromatic heterocycles. The third-order valence-corrected chi connectivity index (χ3v) is 11.4. The summed E-state index contributed by atoms with van der Waals surface area (Å²) in [6.45, 7) is 11.7. The van der Waals surface area contributed by atoms with Crippen molar-refractivity contribution in [1.29, 1.82) is 0 Å². The molecule has 0 aromatic carbocycles. The number of hydrogen-bond acceptors (Lipinski definition) is 2. The van der Waals surface area contributed by atoms with Crippen LogP contribution in [-0.2, 0) is 4.79 Å². The maximum Gasteiger partial charge on any atom is 0.220 e. The van der Waals surface area contributed by atoms with E-state index in [-0.39, 0.29) is 5.91 Å². The molecular weight excluding hydrogens is 406 g/mol. The number of nitrogens with one attached hydrogen (secondary N) is 1. The quantitative estimate of drug-likeness (QED) is 0.380. The van der Waals surface area contributed by atoms with E-state index in [4.69, 9.17) is 0 Å². The summed E-state index contributed by atoms with van der Waals surface area (Å²) in [5.74, 6) is 5.84. The van der Waals surface area contributed by atoms with Crippen LogP contribution in [-0.4, -0.2) is 23.2 Å². The Morgan fingerprint density at radius 3 is 2.45 bits per heavy atom. The lowest BCUT2D eigenvalue weighted by molar-refractivity contribution is -0.135. The van der Waals surface area contributed by atoms with Gasteiger partial charge < -0.3 is 10.4 Å². The van der Waals surface area contributed by atoms with Gasteiger partial charge in [0.15, 0.2) is 0 Å². The van der Waals surface area contributed by atoms with Crippen molar-refractivity contribution in [2.45, 2.75) is 130 Å². The summed E-state index contributed by atoms with van der Waals surface area (Å²) in [5.41, 5.74) is 0.338. The number of carbonyl (C=O) groups is 1. The van der Waals surface area contributed by atoms with Gasteiger partial charge in [-0.05, 0) is 118 Å². The Morgan fingerprint density at radius 2 is 1.73 bits per heavy atom. The topological polar surface area (TPSA) is 49.3 Å². The molecule has 4 saturated carbocycles. The van der Waals surface area contributed by atoms with E-state index in [1.165, 1.54) is 77.0 Å². The molecule has 0 bridgehead atoms. The van der Waals surface area contributed by atoms with Crippen LogP contribution in [0.2, 0.25) is 0 Å². The van der Waals surface area contributed by atoms with Crippen LogP contribution in [0.5, 0.6) is 0 Å². The Hall–Kier alpha value is -0.570. The van der Waals surface area contributed by atoms with Crippen molar-refractivity contribution in [2.75, 3.05) is 6.54 Å². The highest BCUT2D eigenvalue weighted by molar-refractivity contribution is 5.75. The van der Waals surface area contributed by atoms with Crippen LogP contribution in [0.15, 0.2) is 0 Å². The number of aliphatic hydroxyl groups is 1. The molecule has 3 heteroatoms. The van der Waals surface area contributed by atoms with Crippen molar-refractivity contribution in [3.63, 3.8) is 0 Å². The number of unbranched alkanes of at least 4 members (excludes halogenated alkanes) is 1. The van der Waals surface area contributed by atoms with E-state index in [1.807, 2.05) is 0 Å². The van der Waals surface area contributed by atoms with Crippen molar-refractivity contribution in [1.82, 2.24) is 5.32 Å². The SMILES string of the molecule is CC[C@H]1CC2C3CCC(CCCCC(=O)NCC(C)(C)O)C3(C)CC[C@@H]2C2(C)CCCCC12. The van der Waals surface area contributed by atoms with Crippen LogP contribution in [0.3, 0.4) is 0 Å². The Morgan fingerprint density at radius 1 is 0.970 bits per heavy atom. The van der Waals surface area contributed by atoms with E-state index in [0.717, 1.165) is 41.9 Å². The van der Waals surface area contributed by atoms with Gasteiger partial charge in [-0.3, -0.25) is 4.79 Å². The van der Waals surface area contributed by atoms with Gasteiger partial charge in [0.25, 0.3) is 0 Å². The van der Waals surface area contributed by atoms with Crippen molar-refractivity contribution in [3.8, 4) is 0 Å². The third kappa shape index (κ3) is 5.05. The molecule has 6 unspecified atom stereocenters. The van der Waals surface area contributed by atoms with Crippen LogP contribution < -0.4 is 5.32 Å². The second-order valence-corrected chi connectivity index (χ2v) is 13.8. The lowest BCUT2D eigenvalue weighted by Crippen LogP contribution is -2.55. The molecule has 33 heavy (non-hydrogen) atoms. The van der Waals surface area contributed by atoms with E-state index >= 15 is 0 Å². The zero-order valence-electron chi connectivity index (χ0n) is 22.4. The van der Waals surface area contributed by atoms with Gasteiger partial charge in [-0.25, -0.2) is 0 Å². The van der Waals surface area contributed by atoms with Gasteiger partial charge in [-0.1, -0.05) is 46.5 Å². The fourth-order valence-electron chi connectivity index (χ4n) is 9.68. The van der Waals surface area contributed by atoms with Crippen LogP contribution in [0.1, 0.15) is 125 Å². The third-order valence-electron chi connectivity index (χ3n) is 11.4. The van der Waals surface area contributed by atoms with Gasteiger partial charge in [-0.15, -0.1) is 0 Å². The Balaban J connectivity index is 1.33. The lowest BCUT2D eigenvalue weighted by atomic mass is 9.42. The summed E-state index contributed by atoms with van der Waals surface area (Å²) in [4.78, 5) is 12.1. The second kappa shape index (κ2) is 9.82. The molecular formula is C30H53NO2. The molecule has 4 rings (SSSR count). The van der Waals surface area contributed by atoms with Crippen molar-refractivity contribution in [2.24, 2.45) is 46.3 Å². The molecule has 4 fully saturated rings. The predicted molar refractivity (Wildman–Crippen MR) is 137 cm³/mol. The average molecular weight is 460 g/mol. The largest absolute Gasteiger partial charge is 0.389 e. The molecule has 2 N–H and O–H groups in total. The number of rotatable bonds is 8. The molecule has 3 nitrogen and oxygen atoms in total. The zero-order chi connectivity index (χ0) is 23.9. The summed E-state index contributed by atoms with van der Waals surface area (Å²) in [6.07, 6.45) is 18.8. The maximum absolute atomic E-state index is 12.1. The van der Waals surface area contributed by atoms with Gasteiger partial charge in [-0.2, -0.15) is 0 Å². The monoisotopic (exact) mass is 459 g/mol. The van der Waals surface area contributed by atoms with E-state index in [2.05, 4.69) is 26.1 Å². The van der Waals surface area contributed by atoms with E-state index in [1.54, 1.807) is 13.8 Å². The van der Waals surface area contributed by atoms with E-state index < -0.39 is 5.60 Å². The highest BCUT2D eigenvalue weighted by atomic mass is 16.3. The standard InChI is InChI=1S/C30H53NO2/c1-6-21-19-23-25-15-14-22(11-7-8-13-27(32)31-20-28(2,3)33)29(25,4)18-16-26(23)30(5)17-10-9-12-24(21)30/h21-26,33H,6-20H2,1-5H3,(H,31,32)/t21-,22?,23?,24?,25?,26-,29?,30?/m0/s1.